The van der Waals surface area contributed by atoms with Crippen molar-refractivity contribution in [1.29, 1.82) is 0 Å². The fourth-order valence-electron chi connectivity index (χ4n) is 1.95. The summed E-state index contributed by atoms with van der Waals surface area (Å²) in [7, 11) is -1.08. The summed E-state index contributed by atoms with van der Waals surface area (Å²) in [4.78, 5) is 11.0. The number of fused-ring (bicyclic) bond motifs is 1. The standard InChI is InChI=1S/C14H15N4O.ClHO4/c1-10-9-12-15-13(11-7-5-4-6-8-11)16-14(17(2)3)18(12)19-10;2-1(3,4)5/h4-9H,1-3H3;(H,2,3,4,5)/q+1;/p-1. The molecule has 0 aliphatic rings. The molecule has 10 heteroatoms. The van der Waals surface area contributed by atoms with Crippen LogP contribution < -0.4 is 28.1 Å². The number of hydrogen-bond acceptors (Lipinski definition) is 8. The molecule has 0 saturated carbocycles. The van der Waals surface area contributed by atoms with Gasteiger partial charge in [0, 0.05) is 19.7 Å². The summed E-state index contributed by atoms with van der Waals surface area (Å²) in [5, 5.41) is 0. The summed E-state index contributed by atoms with van der Waals surface area (Å²) < 4.78 is 41.2. The number of aryl methyl sites for hydroxylation is 1. The van der Waals surface area contributed by atoms with Crippen molar-refractivity contribution in [3.63, 3.8) is 0 Å². The van der Waals surface area contributed by atoms with E-state index in [1.807, 2.05) is 62.3 Å². The summed E-state index contributed by atoms with van der Waals surface area (Å²) in [5.74, 6) is 2.23. The fourth-order valence-corrected chi connectivity index (χ4v) is 1.95. The Bertz CT molecular complexity index is 811. The molecule has 0 bridgehead atoms. The Hall–Kier alpha value is -2.30. The van der Waals surface area contributed by atoms with Crippen molar-refractivity contribution in [2.75, 3.05) is 19.0 Å². The first-order valence-electron chi connectivity index (χ1n) is 6.70. The van der Waals surface area contributed by atoms with Gasteiger partial charge in [-0.1, -0.05) is 28.2 Å². The van der Waals surface area contributed by atoms with Crippen molar-refractivity contribution in [2.24, 2.45) is 0 Å². The highest BCUT2D eigenvalue weighted by Crippen LogP contribution is 2.17. The molecule has 0 spiro atoms. The van der Waals surface area contributed by atoms with Gasteiger partial charge >= 0.3 is 5.95 Å². The summed E-state index contributed by atoms with van der Waals surface area (Å²) in [6.07, 6.45) is 0. The molecular formula is C14H15ClN4O5. The Morgan fingerprint density at radius 3 is 2.17 bits per heavy atom. The largest absolute Gasteiger partial charge is 0.389 e. The van der Waals surface area contributed by atoms with Crippen LogP contribution in [0.3, 0.4) is 0 Å². The second-order valence-electron chi connectivity index (χ2n) is 4.98. The van der Waals surface area contributed by atoms with E-state index >= 15 is 0 Å². The molecule has 9 nitrogen and oxygen atoms in total. The highest BCUT2D eigenvalue weighted by molar-refractivity contribution is 5.57. The molecule has 0 fully saturated rings. The topological polar surface area (TPSA) is 138 Å². The summed E-state index contributed by atoms with van der Waals surface area (Å²) >= 11 is 0. The molecule has 3 aromatic rings. The second kappa shape index (κ2) is 7.07. The Morgan fingerprint density at radius 1 is 1.04 bits per heavy atom. The molecule has 0 aliphatic carbocycles. The number of anilines is 1. The number of hydrogen-bond donors (Lipinski definition) is 0. The lowest BCUT2D eigenvalue weighted by molar-refractivity contribution is -2.00. The Kier molecular flexibility index (Phi) is 5.32. The Labute approximate surface area is 139 Å². The third-order valence-corrected chi connectivity index (χ3v) is 2.82. The van der Waals surface area contributed by atoms with Gasteiger partial charge in [-0.15, -0.1) is 10.2 Å². The molecule has 0 saturated heterocycles. The van der Waals surface area contributed by atoms with Gasteiger partial charge in [-0.2, -0.15) is 0 Å². The maximum atomic E-state index is 8.49. The van der Waals surface area contributed by atoms with E-state index < -0.39 is 10.2 Å². The van der Waals surface area contributed by atoms with Crippen molar-refractivity contribution in [2.45, 2.75) is 6.92 Å². The van der Waals surface area contributed by atoms with E-state index in [2.05, 4.69) is 9.97 Å². The Morgan fingerprint density at radius 2 is 1.62 bits per heavy atom. The van der Waals surface area contributed by atoms with E-state index in [1.165, 1.54) is 0 Å². The lowest BCUT2D eigenvalue weighted by Crippen LogP contribution is -2.68. The average molecular weight is 355 g/mol. The van der Waals surface area contributed by atoms with Gasteiger partial charge in [0.2, 0.25) is 0 Å². The van der Waals surface area contributed by atoms with E-state index in [0.717, 1.165) is 22.9 Å². The summed E-state index contributed by atoms with van der Waals surface area (Å²) in [5.41, 5.74) is 1.75. The normalized spacial score (nSPS) is 11.1. The minimum Gasteiger partial charge on any atom is -0.333 e. The monoisotopic (exact) mass is 354 g/mol. The van der Waals surface area contributed by atoms with Crippen LogP contribution in [-0.2, 0) is 0 Å². The van der Waals surface area contributed by atoms with Crippen LogP contribution in [0.4, 0.5) is 5.95 Å². The molecule has 128 valence electrons. The molecule has 0 atom stereocenters. The zero-order valence-electron chi connectivity index (χ0n) is 13.2. The quantitative estimate of drug-likeness (QED) is 0.446. The molecule has 0 N–H and O–H groups in total. The molecule has 3 rings (SSSR count). The van der Waals surface area contributed by atoms with E-state index in [-0.39, 0.29) is 0 Å². The highest BCUT2D eigenvalue weighted by Gasteiger charge is 2.21. The maximum Gasteiger partial charge on any atom is 0.389 e. The van der Waals surface area contributed by atoms with E-state index in [0.29, 0.717) is 5.82 Å². The number of nitrogens with zero attached hydrogens (tertiary/aromatic N) is 4. The third kappa shape index (κ3) is 4.85. The van der Waals surface area contributed by atoms with Crippen LogP contribution in [0.15, 0.2) is 40.9 Å². The third-order valence-electron chi connectivity index (χ3n) is 2.82. The molecule has 2 heterocycles. The molecule has 24 heavy (non-hydrogen) atoms. The van der Waals surface area contributed by atoms with E-state index in [1.54, 1.807) is 4.57 Å². The van der Waals surface area contributed by atoms with Gasteiger partial charge in [-0.25, -0.2) is 18.6 Å². The fraction of sp³-hybridized carbons (Fsp3) is 0.214. The zero-order valence-corrected chi connectivity index (χ0v) is 13.9. The van der Waals surface area contributed by atoms with Gasteiger partial charge in [0.05, 0.1) is 6.07 Å². The molecular weight excluding hydrogens is 340 g/mol. The van der Waals surface area contributed by atoms with Crippen molar-refractivity contribution < 1.29 is 38.0 Å². The van der Waals surface area contributed by atoms with Gasteiger partial charge in [0.15, 0.2) is 0 Å². The first-order valence-corrected chi connectivity index (χ1v) is 7.94. The first-order chi connectivity index (χ1) is 11.1. The van der Waals surface area contributed by atoms with Crippen LogP contribution in [0.2, 0.25) is 0 Å². The predicted molar refractivity (Wildman–Crippen MR) is 72.0 cm³/mol. The first kappa shape index (κ1) is 18.0. The van der Waals surface area contributed by atoms with Gasteiger partial charge in [-0.05, 0) is 23.6 Å². The molecule has 1 aromatic carbocycles. The second-order valence-corrected chi connectivity index (χ2v) is 5.74. The molecule has 2 aromatic heterocycles. The van der Waals surface area contributed by atoms with E-state index in [4.69, 9.17) is 23.2 Å². The SMILES string of the molecule is Cc1cc2nc(-c3ccccc3)nc(N(C)C)[n+]2o1.[O-][Cl+3]([O-])([O-])[O-]. The van der Waals surface area contributed by atoms with Crippen LogP contribution >= 0.6 is 0 Å². The van der Waals surface area contributed by atoms with Crippen LogP contribution in [0.1, 0.15) is 5.76 Å². The van der Waals surface area contributed by atoms with E-state index in [9.17, 15) is 0 Å². The molecule has 0 radical (unpaired) electrons. The van der Waals surface area contributed by atoms with Crippen LogP contribution in [0, 0.1) is 17.2 Å². The van der Waals surface area contributed by atoms with Crippen LogP contribution in [0.25, 0.3) is 17.0 Å². The molecule has 0 amide bonds. The van der Waals surface area contributed by atoms with Gasteiger partial charge in [0.1, 0.15) is 5.76 Å². The van der Waals surface area contributed by atoms with Crippen molar-refractivity contribution in [1.82, 2.24) is 9.97 Å². The maximum absolute atomic E-state index is 8.49. The summed E-state index contributed by atoms with van der Waals surface area (Å²) in [6, 6.07) is 11.8. The number of halogens is 1. The van der Waals surface area contributed by atoms with Gasteiger partial charge in [0.25, 0.3) is 11.5 Å². The minimum atomic E-state index is -4.94. The number of aromatic nitrogens is 3. The van der Waals surface area contributed by atoms with Crippen molar-refractivity contribution in [3.05, 3.63) is 42.2 Å². The average Bonchev–Trinajstić information content (AvgIpc) is 2.85. The van der Waals surface area contributed by atoms with Crippen molar-refractivity contribution in [3.8, 4) is 11.4 Å². The van der Waals surface area contributed by atoms with Crippen molar-refractivity contribution >= 4 is 11.6 Å². The molecule has 0 aliphatic heterocycles. The summed E-state index contributed by atoms with van der Waals surface area (Å²) in [6.45, 7) is 1.90. The predicted octanol–water partition coefficient (Wildman–Crippen LogP) is -2.91. The van der Waals surface area contributed by atoms with Crippen LogP contribution in [-0.4, -0.2) is 24.1 Å². The number of benzene rings is 1. The highest BCUT2D eigenvalue weighted by atomic mass is 35.7. The van der Waals surface area contributed by atoms with Crippen LogP contribution in [0.5, 0.6) is 0 Å². The van der Waals surface area contributed by atoms with Gasteiger partial charge in [-0.3, -0.25) is 4.90 Å². The van der Waals surface area contributed by atoms with Gasteiger partial charge < -0.3 is 4.52 Å². The lowest BCUT2D eigenvalue weighted by atomic mass is 10.2. The minimum absolute atomic E-state index is 0.699. The lowest BCUT2D eigenvalue weighted by Gasteiger charge is -2.17. The zero-order chi connectivity index (χ0) is 17.9. The smallest absolute Gasteiger partial charge is 0.333 e. The molecule has 0 unspecified atom stereocenters. The Balaban J connectivity index is 0.000000368. The number of rotatable bonds is 2.